The lowest BCUT2D eigenvalue weighted by Crippen LogP contribution is -2.52. The molecule has 2 saturated heterocycles. The van der Waals surface area contributed by atoms with Crippen LogP contribution in [-0.4, -0.2) is 65.4 Å². The van der Waals surface area contributed by atoms with E-state index in [4.69, 9.17) is 9.26 Å². The zero-order chi connectivity index (χ0) is 25.3. The van der Waals surface area contributed by atoms with Gasteiger partial charge in [-0.15, -0.1) is 0 Å². The highest BCUT2D eigenvalue weighted by molar-refractivity contribution is 5.75. The SMILES string of the molecule is O=C(N1CCOCC1)N1CC(c2ccc(C(F)(F)F)cc2)CC(c2noc(-c3cccc(F)c3)n2)C1. The number of aromatic nitrogens is 2. The molecule has 2 amide bonds. The van der Waals surface area contributed by atoms with Gasteiger partial charge in [-0.05, 0) is 42.3 Å². The Morgan fingerprint density at radius 1 is 0.972 bits per heavy atom. The normalized spacial score (nSPS) is 21.0. The monoisotopic (exact) mass is 504 g/mol. The summed E-state index contributed by atoms with van der Waals surface area (Å²) in [6.45, 7) is 2.52. The fraction of sp³-hybridized carbons (Fsp3) is 0.400. The number of ether oxygens (including phenoxy) is 1. The number of likely N-dealkylation sites (tertiary alicyclic amines) is 1. The van der Waals surface area contributed by atoms with Crippen LogP contribution in [0.1, 0.15) is 35.2 Å². The minimum atomic E-state index is -4.43. The highest BCUT2D eigenvalue weighted by Gasteiger charge is 2.37. The smallest absolute Gasteiger partial charge is 0.378 e. The van der Waals surface area contributed by atoms with Gasteiger partial charge in [0.05, 0.1) is 18.8 Å². The number of urea groups is 1. The Hall–Kier alpha value is -3.47. The molecule has 3 aromatic rings. The largest absolute Gasteiger partial charge is 0.416 e. The molecule has 36 heavy (non-hydrogen) atoms. The number of morpholine rings is 1. The first-order chi connectivity index (χ1) is 17.3. The first-order valence-corrected chi connectivity index (χ1v) is 11.7. The Bertz CT molecular complexity index is 1210. The molecule has 2 unspecified atom stereocenters. The van der Waals surface area contributed by atoms with Gasteiger partial charge >= 0.3 is 12.2 Å². The molecule has 7 nitrogen and oxygen atoms in total. The quantitative estimate of drug-likeness (QED) is 0.474. The van der Waals surface area contributed by atoms with Crippen molar-refractivity contribution in [1.29, 1.82) is 0 Å². The Labute approximate surface area is 204 Å². The molecular formula is C25H24F4N4O3. The number of rotatable bonds is 3. The average Bonchev–Trinajstić information content (AvgIpc) is 3.39. The van der Waals surface area contributed by atoms with Crippen molar-refractivity contribution in [3.63, 3.8) is 0 Å². The molecule has 0 aliphatic carbocycles. The van der Waals surface area contributed by atoms with Crippen molar-refractivity contribution in [1.82, 2.24) is 19.9 Å². The molecule has 2 fully saturated rings. The van der Waals surface area contributed by atoms with E-state index in [-0.39, 0.29) is 23.8 Å². The molecule has 0 bridgehead atoms. The first kappa shape index (κ1) is 24.2. The van der Waals surface area contributed by atoms with E-state index in [2.05, 4.69) is 10.1 Å². The number of carbonyl (C=O) groups excluding carboxylic acids is 1. The van der Waals surface area contributed by atoms with E-state index in [0.29, 0.717) is 62.8 Å². The summed E-state index contributed by atoms with van der Waals surface area (Å²) >= 11 is 0. The molecule has 11 heteroatoms. The van der Waals surface area contributed by atoms with Crippen LogP contribution < -0.4 is 0 Å². The third-order valence-corrected chi connectivity index (χ3v) is 6.59. The van der Waals surface area contributed by atoms with E-state index < -0.39 is 17.6 Å². The van der Waals surface area contributed by atoms with Crippen LogP contribution in [0.2, 0.25) is 0 Å². The fourth-order valence-corrected chi connectivity index (χ4v) is 4.72. The second kappa shape index (κ2) is 9.88. The van der Waals surface area contributed by atoms with Gasteiger partial charge in [-0.1, -0.05) is 23.4 Å². The van der Waals surface area contributed by atoms with Crippen LogP contribution in [0.25, 0.3) is 11.5 Å². The van der Waals surface area contributed by atoms with Crippen LogP contribution in [0.5, 0.6) is 0 Å². The maximum atomic E-state index is 13.7. The number of amides is 2. The van der Waals surface area contributed by atoms with E-state index in [9.17, 15) is 22.4 Å². The minimum Gasteiger partial charge on any atom is -0.378 e. The van der Waals surface area contributed by atoms with Gasteiger partial charge in [-0.2, -0.15) is 18.2 Å². The van der Waals surface area contributed by atoms with Gasteiger partial charge in [0, 0.05) is 43.6 Å². The third kappa shape index (κ3) is 5.20. The van der Waals surface area contributed by atoms with Crippen LogP contribution in [0, 0.1) is 5.82 Å². The molecule has 0 N–H and O–H groups in total. The lowest BCUT2D eigenvalue weighted by atomic mass is 9.84. The van der Waals surface area contributed by atoms with Crippen LogP contribution in [-0.2, 0) is 10.9 Å². The highest BCUT2D eigenvalue weighted by Crippen LogP contribution is 2.37. The molecule has 5 rings (SSSR count). The van der Waals surface area contributed by atoms with E-state index in [1.807, 2.05) is 0 Å². The number of carbonyl (C=O) groups is 1. The number of halogens is 4. The van der Waals surface area contributed by atoms with Crippen molar-refractivity contribution in [2.45, 2.75) is 24.4 Å². The molecular weight excluding hydrogens is 480 g/mol. The first-order valence-electron chi connectivity index (χ1n) is 11.7. The summed E-state index contributed by atoms with van der Waals surface area (Å²) in [5, 5.41) is 4.10. The lowest BCUT2D eigenvalue weighted by Gasteiger charge is -2.40. The summed E-state index contributed by atoms with van der Waals surface area (Å²) in [4.78, 5) is 21.2. The molecule has 0 radical (unpaired) electrons. The van der Waals surface area contributed by atoms with E-state index >= 15 is 0 Å². The van der Waals surface area contributed by atoms with Crippen molar-refractivity contribution in [2.24, 2.45) is 0 Å². The molecule has 3 heterocycles. The second-order valence-corrected chi connectivity index (χ2v) is 9.00. The van der Waals surface area contributed by atoms with Crippen molar-refractivity contribution >= 4 is 6.03 Å². The number of alkyl halides is 3. The minimum absolute atomic E-state index is 0.159. The molecule has 0 spiro atoms. The predicted molar refractivity (Wildman–Crippen MR) is 121 cm³/mol. The summed E-state index contributed by atoms with van der Waals surface area (Å²) in [7, 11) is 0. The molecule has 2 aliphatic heterocycles. The zero-order valence-electron chi connectivity index (χ0n) is 19.2. The predicted octanol–water partition coefficient (Wildman–Crippen LogP) is 4.92. The van der Waals surface area contributed by atoms with Gasteiger partial charge in [-0.3, -0.25) is 0 Å². The number of nitrogens with zero attached hydrogens (tertiary/aromatic N) is 4. The maximum Gasteiger partial charge on any atom is 0.416 e. The number of hydrogen-bond donors (Lipinski definition) is 0. The van der Waals surface area contributed by atoms with Gasteiger partial charge < -0.3 is 19.1 Å². The van der Waals surface area contributed by atoms with Crippen LogP contribution in [0.3, 0.4) is 0 Å². The van der Waals surface area contributed by atoms with E-state index in [1.165, 1.54) is 24.3 Å². The second-order valence-electron chi connectivity index (χ2n) is 9.00. The summed E-state index contributed by atoms with van der Waals surface area (Å²) in [5.41, 5.74) is 0.407. The Morgan fingerprint density at radius 2 is 1.69 bits per heavy atom. The van der Waals surface area contributed by atoms with Crippen molar-refractivity contribution in [3.05, 3.63) is 71.3 Å². The fourth-order valence-electron chi connectivity index (χ4n) is 4.72. The molecule has 1 aromatic heterocycles. The van der Waals surface area contributed by atoms with Crippen molar-refractivity contribution in [2.75, 3.05) is 39.4 Å². The van der Waals surface area contributed by atoms with Gasteiger partial charge in [0.1, 0.15) is 5.82 Å². The van der Waals surface area contributed by atoms with Crippen LogP contribution in [0.15, 0.2) is 53.1 Å². The van der Waals surface area contributed by atoms with Gasteiger partial charge in [0.15, 0.2) is 5.82 Å². The van der Waals surface area contributed by atoms with Crippen LogP contribution >= 0.6 is 0 Å². The van der Waals surface area contributed by atoms with Gasteiger partial charge in [0.25, 0.3) is 5.89 Å². The Morgan fingerprint density at radius 3 is 2.39 bits per heavy atom. The molecule has 0 saturated carbocycles. The summed E-state index contributed by atoms with van der Waals surface area (Å²) in [6.07, 6.45) is -3.91. The summed E-state index contributed by atoms with van der Waals surface area (Å²) in [6, 6.07) is 10.7. The van der Waals surface area contributed by atoms with E-state index in [1.54, 1.807) is 21.9 Å². The van der Waals surface area contributed by atoms with Crippen LogP contribution in [0.4, 0.5) is 22.4 Å². The average molecular weight is 504 g/mol. The van der Waals surface area contributed by atoms with Crippen molar-refractivity contribution < 1.29 is 31.6 Å². The number of hydrogen-bond acceptors (Lipinski definition) is 5. The zero-order valence-corrected chi connectivity index (χ0v) is 19.2. The lowest BCUT2D eigenvalue weighted by molar-refractivity contribution is -0.137. The molecule has 190 valence electrons. The number of benzene rings is 2. The summed E-state index contributed by atoms with van der Waals surface area (Å²) in [5.74, 6) is -0.457. The van der Waals surface area contributed by atoms with Crippen molar-refractivity contribution in [3.8, 4) is 11.5 Å². The Kier molecular flexibility index (Phi) is 6.65. The molecule has 2 aliphatic rings. The Balaban J connectivity index is 1.42. The highest BCUT2D eigenvalue weighted by atomic mass is 19.4. The third-order valence-electron chi connectivity index (χ3n) is 6.59. The summed E-state index contributed by atoms with van der Waals surface area (Å²) < 4.78 is 63.6. The maximum absolute atomic E-state index is 13.7. The topological polar surface area (TPSA) is 71.7 Å². The number of piperidine rings is 1. The van der Waals surface area contributed by atoms with Gasteiger partial charge in [0.2, 0.25) is 0 Å². The molecule has 2 aromatic carbocycles. The standard InChI is InChI=1S/C25H24F4N4O3/c26-21-3-1-2-17(13-21)23-30-22(31-36-23)19-12-18(16-4-6-20(7-5-16)25(27,28)29)14-33(15-19)24(34)32-8-10-35-11-9-32/h1-7,13,18-19H,8-12,14-15H2. The van der Waals surface area contributed by atoms with E-state index in [0.717, 1.165) is 12.1 Å². The van der Waals surface area contributed by atoms with Gasteiger partial charge in [-0.25, -0.2) is 9.18 Å². The molecule has 2 atom stereocenters.